The number of carbonyl (C=O) groups excluding carboxylic acids is 2. The molecule has 1 saturated heterocycles. The molecule has 2 amide bonds. The van der Waals surface area contributed by atoms with Crippen LogP contribution in [-0.4, -0.2) is 38.5 Å². The fraction of sp³-hybridized carbons (Fsp3) is 0.148. The Morgan fingerprint density at radius 1 is 1.00 bits per heavy atom. The number of hydrogen-bond donors (Lipinski definition) is 2. The predicted molar refractivity (Wildman–Crippen MR) is 150 cm³/mol. The summed E-state index contributed by atoms with van der Waals surface area (Å²) in [6.07, 6.45) is 2.89. The zero-order valence-electron chi connectivity index (χ0n) is 20.1. The van der Waals surface area contributed by atoms with E-state index in [0.717, 1.165) is 29.4 Å². The molecule has 0 aliphatic carbocycles. The maximum Gasteiger partial charge on any atom is 0.326 e. The second-order valence-electron chi connectivity index (χ2n) is 9.08. The molecule has 6 rings (SSSR count). The third kappa shape index (κ3) is 4.90. The number of nitrogens with zero attached hydrogens (tertiary/aromatic N) is 3. The Morgan fingerprint density at radius 3 is 2.50 bits per heavy atom. The highest BCUT2D eigenvalue weighted by Gasteiger charge is 2.34. The molecule has 3 heterocycles. The summed E-state index contributed by atoms with van der Waals surface area (Å²) in [6.45, 7) is 1.60. The van der Waals surface area contributed by atoms with E-state index in [9.17, 15) is 18.0 Å². The Morgan fingerprint density at radius 2 is 1.76 bits per heavy atom. The van der Waals surface area contributed by atoms with Crippen LogP contribution >= 0.6 is 11.8 Å². The number of aliphatic imine (C=N–C) groups is 1. The van der Waals surface area contributed by atoms with E-state index in [0.29, 0.717) is 21.4 Å². The maximum atomic E-state index is 12.5. The van der Waals surface area contributed by atoms with E-state index in [4.69, 9.17) is 0 Å². The fourth-order valence-electron chi connectivity index (χ4n) is 4.64. The van der Waals surface area contributed by atoms with Gasteiger partial charge in [-0.3, -0.25) is 9.59 Å². The van der Waals surface area contributed by atoms with Gasteiger partial charge >= 0.3 is 10.2 Å². The van der Waals surface area contributed by atoms with E-state index in [1.807, 2.05) is 22.9 Å². The molecule has 3 aromatic rings. The third-order valence-electron chi connectivity index (χ3n) is 6.48. The first-order valence-electron chi connectivity index (χ1n) is 12.0. The van der Waals surface area contributed by atoms with Gasteiger partial charge in [0.05, 0.1) is 10.6 Å². The maximum absolute atomic E-state index is 12.5. The van der Waals surface area contributed by atoms with Crippen molar-refractivity contribution in [2.24, 2.45) is 4.99 Å². The highest BCUT2D eigenvalue weighted by atomic mass is 32.2. The molecule has 0 atom stereocenters. The molecule has 0 spiro atoms. The molecule has 0 saturated carbocycles. The summed E-state index contributed by atoms with van der Waals surface area (Å²) in [7, 11) is -3.86. The quantitative estimate of drug-likeness (QED) is 0.472. The van der Waals surface area contributed by atoms with Crippen LogP contribution in [0.4, 0.5) is 17.1 Å². The number of carbonyl (C=O) groups is 2. The first-order chi connectivity index (χ1) is 18.3. The van der Waals surface area contributed by atoms with Crippen LogP contribution in [0.25, 0.3) is 6.08 Å². The lowest BCUT2D eigenvalue weighted by atomic mass is 10.1. The highest BCUT2D eigenvalue weighted by Crippen LogP contribution is 2.31. The summed E-state index contributed by atoms with van der Waals surface area (Å²) >= 11 is 1.24. The van der Waals surface area contributed by atoms with Crippen LogP contribution in [0.5, 0.6) is 0 Å². The van der Waals surface area contributed by atoms with Crippen LogP contribution in [0.2, 0.25) is 0 Å². The summed E-state index contributed by atoms with van der Waals surface area (Å²) in [5.74, 6) is -0.895. The highest BCUT2D eigenvalue weighted by molar-refractivity contribution is 8.18. The standard InChI is InChI=1S/C27H23N5O4S2/c33-25-17-32(38(35,36)30-25)22-11-9-21(10-12-22)28-27-29-26(34)24(37-27)15-18-5-7-19(8-6-18)16-31-14-13-20-3-1-2-4-23(20)31/h1-12,15H,13-14,16-17H2,(H,30,33)(H,28,29,34). The van der Waals surface area contributed by atoms with E-state index >= 15 is 0 Å². The lowest BCUT2D eigenvalue weighted by molar-refractivity contribution is -0.117. The van der Waals surface area contributed by atoms with Gasteiger partial charge in [0, 0.05) is 24.5 Å². The molecule has 0 unspecified atom stereocenters. The zero-order valence-corrected chi connectivity index (χ0v) is 21.8. The molecule has 192 valence electrons. The molecule has 3 aromatic carbocycles. The molecule has 38 heavy (non-hydrogen) atoms. The molecule has 0 bridgehead atoms. The first kappa shape index (κ1) is 24.3. The lowest BCUT2D eigenvalue weighted by Gasteiger charge is -2.19. The van der Waals surface area contributed by atoms with Crippen LogP contribution in [0, 0.1) is 0 Å². The van der Waals surface area contributed by atoms with Gasteiger partial charge in [0.25, 0.3) is 11.8 Å². The summed E-state index contributed by atoms with van der Waals surface area (Å²) in [4.78, 5) is 30.9. The molecule has 9 nitrogen and oxygen atoms in total. The lowest BCUT2D eigenvalue weighted by Crippen LogP contribution is -2.29. The number of amides is 2. The van der Waals surface area contributed by atoms with Crippen molar-refractivity contribution in [2.45, 2.75) is 13.0 Å². The Labute approximate surface area is 224 Å². The van der Waals surface area contributed by atoms with Gasteiger partial charge in [-0.25, -0.2) is 9.03 Å². The molecule has 1 fully saturated rings. The second kappa shape index (κ2) is 9.66. The van der Waals surface area contributed by atoms with Crippen molar-refractivity contribution in [2.75, 3.05) is 27.6 Å². The first-order valence-corrected chi connectivity index (χ1v) is 14.2. The van der Waals surface area contributed by atoms with Crippen molar-refractivity contribution in [3.63, 3.8) is 0 Å². The topological polar surface area (TPSA) is 111 Å². The summed E-state index contributed by atoms with van der Waals surface area (Å²) in [6, 6.07) is 23.2. The number of para-hydroxylation sites is 1. The van der Waals surface area contributed by atoms with Crippen molar-refractivity contribution in [3.8, 4) is 0 Å². The minimum absolute atomic E-state index is 0.256. The molecule has 11 heteroatoms. The monoisotopic (exact) mass is 545 g/mol. The van der Waals surface area contributed by atoms with E-state index in [2.05, 4.69) is 51.6 Å². The number of amidine groups is 1. The predicted octanol–water partition coefficient (Wildman–Crippen LogP) is 3.51. The molecule has 3 aliphatic heterocycles. The van der Waals surface area contributed by atoms with Gasteiger partial charge in [0.2, 0.25) is 0 Å². The Hall–Kier alpha value is -4.09. The SMILES string of the molecule is O=C1CN(c2ccc(NC3=NC(=O)C(=Cc4ccc(CN5CCc6ccccc65)cc4)S3)cc2)S(=O)(=O)N1. The van der Waals surface area contributed by atoms with Crippen molar-refractivity contribution in [1.29, 1.82) is 0 Å². The molecular weight excluding hydrogens is 522 g/mol. The van der Waals surface area contributed by atoms with Gasteiger partial charge < -0.3 is 10.2 Å². The van der Waals surface area contributed by atoms with Crippen LogP contribution in [0.1, 0.15) is 16.7 Å². The molecule has 2 N–H and O–H groups in total. The summed E-state index contributed by atoms with van der Waals surface area (Å²) in [5, 5.41) is 3.52. The Balaban J connectivity index is 1.08. The van der Waals surface area contributed by atoms with Crippen LogP contribution < -0.4 is 19.2 Å². The van der Waals surface area contributed by atoms with Crippen LogP contribution in [0.15, 0.2) is 82.7 Å². The molecule has 0 aromatic heterocycles. The second-order valence-corrected chi connectivity index (χ2v) is 11.7. The van der Waals surface area contributed by atoms with E-state index in [1.54, 1.807) is 24.3 Å². The van der Waals surface area contributed by atoms with E-state index in [1.165, 1.54) is 28.6 Å². The van der Waals surface area contributed by atoms with Gasteiger partial charge in [-0.2, -0.15) is 13.4 Å². The third-order valence-corrected chi connectivity index (χ3v) is 8.79. The van der Waals surface area contributed by atoms with Gasteiger partial charge in [-0.15, -0.1) is 0 Å². The van der Waals surface area contributed by atoms with E-state index < -0.39 is 16.1 Å². The molecule has 0 radical (unpaired) electrons. The number of benzene rings is 3. The fourth-order valence-corrected chi connectivity index (χ4v) is 6.62. The van der Waals surface area contributed by atoms with Crippen LogP contribution in [-0.2, 0) is 32.8 Å². The van der Waals surface area contributed by atoms with Crippen LogP contribution in [0.3, 0.4) is 0 Å². The number of fused-ring (bicyclic) bond motifs is 1. The zero-order chi connectivity index (χ0) is 26.3. The number of hydrogen-bond acceptors (Lipinski definition) is 7. The van der Waals surface area contributed by atoms with Crippen molar-refractivity contribution >= 4 is 62.1 Å². The Kier molecular flexibility index (Phi) is 6.16. The van der Waals surface area contributed by atoms with Gasteiger partial charge in [0.1, 0.15) is 6.54 Å². The van der Waals surface area contributed by atoms with Gasteiger partial charge in [0.15, 0.2) is 5.17 Å². The number of thioether (sulfide) groups is 1. The van der Waals surface area contributed by atoms with Crippen molar-refractivity contribution in [3.05, 3.63) is 94.4 Å². The number of nitrogens with one attached hydrogen (secondary N) is 2. The molecule has 3 aliphatic rings. The summed E-state index contributed by atoms with van der Waals surface area (Å²) < 4.78 is 27.0. The number of rotatable bonds is 5. The Bertz CT molecular complexity index is 1600. The summed E-state index contributed by atoms with van der Waals surface area (Å²) in [5.41, 5.74) is 5.81. The molecular formula is C27H23N5O4S2. The number of anilines is 3. The smallest absolute Gasteiger partial charge is 0.326 e. The normalized spacial score (nSPS) is 19.1. The average molecular weight is 546 g/mol. The minimum atomic E-state index is -3.86. The largest absolute Gasteiger partial charge is 0.367 e. The van der Waals surface area contributed by atoms with E-state index in [-0.39, 0.29) is 12.5 Å². The van der Waals surface area contributed by atoms with Gasteiger partial charge in [-0.1, -0.05) is 42.5 Å². The minimum Gasteiger partial charge on any atom is -0.367 e. The van der Waals surface area contributed by atoms with Gasteiger partial charge in [-0.05, 0) is 71.3 Å². The van der Waals surface area contributed by atoms with Crippen molar-refractivity contribution in [1.82, 2.24) is 4.72 Å². The average Bonchev–Trinajstić information content (AvgIpc) is 3.55. The van der Waals surface area contributed by atoms with Crippen molar-refractivity contribution < 1.29 is 18.0 Å².